The van der Waals surface area contributed by atoms with Gasteiger partial charge in [-0.15, -0.1) is 0 Å². The van der Waals surface area contributed by atoms with E-state index in [1.54, 1.807) is 36.4 Å². The van der Waals surface area contributed by atoms with Gasteiger partial charge < -0.3 is 9.84 Å². The second-order valence-corrected chi connectivity index (χ2v) is 10.1. The zero-order chi connectivity index (χ0) is 21.0. The van der Waals surface area contributed by atoms with Gasteiger partial charge in [0.2, 0.25) is 0 Å². The lowest BCUT2D eigenvalue weighted by molar-refractivity contribution is 0.0520. The average molecular weight is 442 g/mol. The van der Waals surface area contributed by atoms with Crippen LogP contribution in [-0.4, -0.2) is 55.2 Å². The molecule has 3 rings (SSSR count). The van der Waals surface area contributed by atoms with Gasteiger partial charge in [-0.25, -0.2) is 12.8 Å². The van der Waals surface area contributed by atoms with Crippen molar-refractivity contribution in [1.29, 1.82) is 0 Å². The highest BCUT2D eigenvalue weighted by atomic mass is 35.5. The summed E-state index contributed by atoms with van der Waals surface area (Å²) in [7, 11) is -3.10. The van der Waals surface area contributed by atoms with Crippen LogP contribution < -0.4 is 4.74 Å². The maximum atomic E-state index is 14.1. The van der Waals surface area contributed by atoms with Crippen molar-refractivity contribution in [1.82, 2.24) is 4.90 Å². The first-order valence-electron chi connectivity index (χ1n) is 9.48. The van der Waals surface area contributed by atoms with Crippen LogP contribution in [0.1, 0.15) is 17.5 Å². The number of rotatable bonds is 8. The molecule has 29 heavy (non-hydrogen) atoms. The highest BCUT2D eigenvalue weighted by Gasteiger charge is 2.33. The summed E-state index contributed by atoms with van der Waals surface area (Å²) in [6.45, 7) is 2.31. The Hall–Kier alpha value is -1.67. The molecule has 0 spiro atoms. The largest absolute Gasteiger partial charge is 0.491 e. The number of ether oxygens (including phenoxy) is 1. The number of halogens is 2. The van der Waals surface area contributed by atoms with Crippen molar-refractivity contribution >= 4 is 21.4 Å². The van der Waals surface area contributed by atoms with E-state index in [1.165, 1.54) is 6.07 Å². The van der Waals surface area contributed by atoms with Crippen molar-refractivity contribution in [2.75, 3.05) is 24.7 Å². The molecule has 2 atom stereocenters. The Labute approximate surface area is 176 Å². The summed E-state index contributed by atoms with van der Waals surface area (Å²) in [5.74, 6) is 0.379. The van der Waals surface area contributed by atoms with E-state index in [0.29, 0.717) is 22.8 Å². The quantitative estimate of drug-likeness (QED) is 0.681. The van der Waals surface area contributed by atoms with Crippen LogP contribution in [0, 0.1) is 12.7 Å². The molecular formula is C21H25ClFNO4S. The molecule has 1 aliphatic heterocycles. The van der Waals surface area contributed by atoms with Gasteiger partial charge >= 0.3 is 0 Å². The Morgan fingerprint density at radius 1 is 1.31 bits per heavy atom. The second-order valence-electron chi connectivity index (χ2n) is 7.45. The smallest absolute Gasteiger partial charge is 0.151 e. The average Bonchev–Trinajstić information content (AvgIpc) is 3.03. The molecule has 5 nitrogen and oxygen atoms in total. The normalized spacial score (nSPS) is 19.4. The van der Waals surface area contributed by atoms with Crippen molar-refractivity contribution in [3.63, 3.8) is 0 Å². The first-order chi connectivity index (χ1) is 13.7. The van der Waals surface area contributed by atoms with Gasteiger partial charge in [-0.3, -0.25) is 4.90 Å². The third-order valence-corrected chi connectivity index (χ3v) is 7.25. The number of hydrogen-bond donors (Lipinski definition) is 1. The summed E-state index contributed by atoms with van der Waals surface area (Å²) in [4.78, 5) is 1.84. The van der Waals surface area contributed by atoms with E-state index in [9.17, 15) is 17.9 Å². The first kappa shape index (κ1) is 22.0. The van der Waals surface area contributed by atoms with E-state index in [1.807, 2.05) is 11.8 Å². The van der Waals surface area contributed by atoms with E-state index in [-0.39, 0.29) is 43.1 Å². The Morgan fingerprint density at radius 3 is 2.72 bits per heavy atom. The number of sulfone groups is 1. The fourth-order valence-corrected chi connectivity index (χ4v) is 5.35. The molecule has 158 valence electrons. The number of aliphatic hydroxyl groups excluding tert-OH is 1. The Morgan fingerprint density at radius 2 is 2.07 bits per heavy atom. The monoisotopic (exact) mass is 441 g/mol. The van der Waals surface area contributed by atoms with E-state index >= 15 is 0 Å². The highest BCUT2D eigenvalue weighted by molar-refractivity contribution is 7.91. The fourth-order valence-electron chi connectivity index (χ4n) is 3.47. The zero-order valence-corrected chi connectivity index (χ0v) is 17.8. The molecule has 1 N–H and O–H groups in total. The summed E-state index contributed by atoms with van der Waals surface area (Å²) >= 11 is 6.01. The van der Waals surface area contributed by atoms with Crippen molar-refractivity contribution < 1.29 is 22.7 Å². The summed E-state index contributed by atoms with van der Waals surface area (Å²) in [6, 6.07) is 11.4. The zero-order valence-electron chi connectivity index (χ0n) is 16.2. The first-order valence-corrected chi connectivity index (χ1v) is 11.7. The van der Waals surface area contributed by atoms with Crippen LogP contribution in [0.4, 0.5) is 4.39 Å². The Balaban J connectivity index is 1.66. The molecule has 1 fully saturated rings. The molecule has 1 heterocycles. The lowest BCUT2D eigenvalue weighted by Crippen LogP contribution is -2.42. The van der Waals surface area contributed by atoms with Gasteiger partial charge in [-0.2, -0.15) is 0 Å². The van der Waals surface area contributed by atoms with Gasteiger partial charge in [0.05, 0.1) is 11.5 Å². The molecule has 0 aromatic heterocycles. The Kier molecular flexibility index (Phi) is 7.16. The third-order valence-electron chi connectivity index (χ3n) is 5.07. The maximum Gasteiger partial charge on any atom is 0.151 e. The molecule has 8 heteroatoms. The van der Waals surface area contributed by atoms with E-state index in [4.69, 9.17) is 16.3 Å². The number of nitrogens with zero attached hydrogens (tertiary/aromatic N) is 1. The lowest BCUT2D eigenvalue weighted by Gasteiger charge is -2.30. The maximum absolute atomic E-state index is 14.1. The van der Waals surface area contributed by atoms with Crippen LogP contribution in [0.25, 0.3) is 0 Å². The van der Waals surface area contributed by atoms with Crippen LogP contribution in [0.5, 0.6) is 5.75 Å². The van der Waals surface area contributed by atoms with Crippen LogP contribution in [0.15, 0.2) is 42.5 Å². The number of benzene rings is 2. The number of aliphatic hydroxyl groups is 1. The standard InChI is InChI=1S/C21H25ClFNO4S/c1-15-10-19(6-7-20(15)22)28-13-18(25)12-24(17-8-9-29(26,27)14-17)11-16-4-2-3-5-21(16)23/h2-7,10,17-18,25H,8-9,11-14H2,1H3. The minimum Gasteiger partial charge on any atom is -0.491 e. The molecule has 2 aromatic rings. The lowest BCUT2D eigenvalue weighted by atomic mass is 10.1. The van der Waals surface area contributed by atoms with Gasteiger partial charge in [-0.05, 0) is 43.2 Å². The fraction of sp³-hybridized carbons (Fsp3) is 0.429. The van der Waals surface area contributed by atoms with Crippen LogP contribution in [0.2, 0.25) is 5.02 Å². The number of hydrogen-bond acceptors (Lipinski definition) is 5. The minimum atomic E-state index is -3.10. The van der Waals surface area contributed by atoms with E-state index in [0.717, 1.165) is 5.56 Å². The van der Waals surface area contributed by atoms with E-state index < -0.39 is 15.9 Å². The van der Waals surface area contributed by atoms with Crippen LogP contribution in [0.3, 0.4) is 0 Å². The van der Waals surface area contributed by atoms with Crippen molar-refractivity contribution in [2.45, 2.75) is 32.0 Å². The Bertz CT molecular complexity index is 953. The molecule has 0 bridgehead atoms. The highest BCUT2D eigenvalue weighted by Crippen LogP contribution is 2.23. The topological polar surface area (TPSA) is 66.8 Å². The molecule has 0 radical (unpaired) electrons. The van der Waals surface area contributed by atoms with Crippen molar-refractivity contribution in [3.8, 4) is 5.75 Å². The van der Waals surface area contributed by atoms with Gasteiger partial charge in [0, 0.05) is 29.7 Å². The van der Waals surface area contributed by atoms with E-state index in [2.05, 4.69) is 0 Å². The van der Waals surface area contributed by atoms with Gasteiger partial charge in [-0.1, -0.05) is 29.8 Å². The van der Waals surface area contributed by atoms with Gasteiger partial charge in [0.15, 0.2) is 9.84 Å². The van der Waals surface area contributed by atoms with Crippen LogP contribution >= 0.6 is 11.6 Å². The minimum absolute atomic E-state index is 0.0193. The van der Waals surface area contributed by atoms with Crippen molar-refractivity contribution in [2.24, 2.45) is 0 Å². The summed E-state index contributed by atoms with van der Waals surface area (Å²) in [5, 5.41) is 11.1. The summed E-state index contributed by atoms with van der Waals surface area (Å²) < 4.78 is 43.6. The van der Waals surface area contributed by atoms with Gasteiger partial charge in [0.25, 0.3) is 0 Å². The molecule has 0 saturated carbocycles. The molecular weight excluding hydrogens is 417 g/mol. The molecule has 1 aliphatic rings. The van der Waals surface area contributed by atoms with Gasteiger partial charge in [0.1, 0.15) is 24.3 Å². The molecule has 0 amide bonds. The van der Waals surface area contributed by atoms with Crippen LogP contribution in [-0.2, 0) is 16.4 Å². The molecule has 1 saturated heterocycles. The summed E-state index contributed by atoms with van der Waals surface area (Å²) in [5.41, 5.74) is 1.34. The predicted molar refractivity (Wildman–Crippen MR) is 112 cm³/mol. The predicted octanol–water partition coefficient (Wildman–Crippen LogP) is 3.22. The molecule has 0 aliphatic carbocycles. The second kappa shape index (κ2) is 9.43. The number of aryl methyl sites for hydroxylation is 1. The summed E-state index contributed by atoms with van der Waals surface area (Å²) in [6.07, 6.45) is -0.387. The molecule has 2 aromatic carbocycles. The molecule has 2 unspecified atom stereocenters. The third kappa shape index (κ3) is 6.15. The SMILES string of the molecule is Cc1cc(OCC(O)CN(Cc2ccccc2F)C2CCS(=O)(=O)C2)ccc1Cl. The van der Waals surface area contributed by atoms with Crippen molar-refractivity contribution in [3.05, 3.63) is 64.4 Å².